The fourth-order valence-electron chi connectivity index (χ4n) is 1.95. The molecule has 6 nitrogen and oxygen atoms in total. The van der Waals surface area contributed by atoms with Gasteiger partial charge in [0.05, 0.1) is 32.7 Å². The molecule has 0 spiro atoms. The van der Waals surface area contributed by atoms with Gasteiger partial charge in [-0.25, -0.2) is 5.90 Å². The van der Waals surface area contributed by atoms with Crippen LogP contribution in [0.5, 0.6) is 11.5 Å². The smallest absolute Gasteiger partial charge is 0.416 e. The van der Waals surface area contributed by atoms with E-state index in [2.05, 4.69) is 4.84 Å². The summed E-state index contributed by atoms with van der Waals surface area (Å²) in [5, 5.41) is 10.2. The van der Waals surface area contributed by atoms with Gasteiger partial charge in [-0.1, -0.05) is 23.2 Å². The lowest BCUT2D eigenvalue weighted by atomic mass is 10.1. The molecule has 0 aromatic heterocycles. The number of nitro groups is 1. The summed E-state index contributed by atoms with van der Waals surface area (Å²) < 4.78 is 43.5. The maximum absolute atomic E-state index is 12.7. The topological polar surface area (TPSA) is 87.6 Å². The Hall–Kier alpha value is -2.07. The van der Waals surface area contributed by atoms with E-state index < -0.39 is 16.7 Å². The van der Waals surface area contributed by atoms with E-state index in [0.717, 1.165) is 6.07 Å². The predicted molar refractivity (Wildman–Crippen MR) is 83.6 cm³/mol. The zero-order valence-corrected chi connectivity index (χ0v) is 13.7. The average Bonchev–Trinajstić information content (AvgIpc) is 2.50. The van der Waals surface area contributed by atoms with Gasteiger partial charge in [0.15, 0.2) is 5.75 Å². The minimum atomic E-state index is -4.62. The van der Waals surface area contributed by atoms with Crippen molar-refractivity contribution in [2.45, 2.75) is 12.8 Å². The van der Waals surface area contributed by atoms with Crippen LogP contribution >= 0.6 is 23.2 Å². The van der Waals surface area contributed by atoms with E-state index in [1.807, 2.05) is 0 Å². The largest absolute Gasteiger partial charge is 0.454 e. The molecule has 0 saturated heterocycles. The fourth-order valence-corrected chi connectivity index (χ4v) is 2.51. The van der Waals surface area contributed by atoms with Crippen molar-refractivity contribution < 1.29 is 27.7 Å². The Bertz CT molecular complexity index is 792. The van der Waals surface area contributed by atoms with Crippen LogP contribution in [-0.4, -0.2) is 4.92 Å². The summed E-state index contributed by atoms with van der Waals surface area (Å²) in [7, 11) is 0. The zero-order valence-electron chi connectivity index (χ0n) is 12.1. The Balaban J connectivity index is 2.40. The summed E-state index contributed by atoms with van der Waals surface area (Å²) in [6, 6.07) is 4.95. The Morgan fingerprint density at radius 1 is 1.16 bits per heavy atom. The Kier molecular flexibility index (Phi) is 5.73. The van der Waals surface area contributed by atoms with Gasteiger partial charge in [-0.15, -0.1) is 0 Å². The minimum absolute atomic E-state index is 0.0567. The third-order valence-corrected chi connectivity index (χ3v) is 3.59. The highest BCUT2D eigenvalue weighted by molar-refractivity contribution is 6.37. The molecule has 0 aliphatic carbocycles. The van der Waals surface area contributed by atoms with Crippen LogP contribution < -0.4 is 10.6 Å². The quantitative estimate of drug-likeness (QED) is 0.560. The van der Waals surface area contributed by atoms with Gasteiger partial charge in [-0.3, -0.25) is 15.0 Å². The number of alkyl halides is 3. The van der Waals surface area contributed by atoms with Crippen LogP contribution in [0.15, 0.2) is 30.3 Å². The molecule has 11 heteroatoms. The number of nitrogens with zero attached hydrogens (tertiary/aromatic N) is 1. The minimum Gasteiger partial charge on any atom is -0.454 e. The summed E-state index contributed by atoms with van der Waals surface area (Å²) in [4.78, 5) is 14.7. The number of ether oxygens (including phenoxy) is 1. The molecule has 25 heavy (non-hydrogen) atoms. The molecule has 0 fully saturated rings. The van der Waals surface area contributed by atoms with Gasteiger partial charge in [-0.05, 0) is 24.3 Å². The van der Waals surface area contributed by atoms with Gasteiger partial charge in [0.1, 0.15) is 5.75 Å². The second kappa shape index (κ2) is 7.44. The van der Waals surface area contributed by atoms with Gasteiger partial charge in [0, 0.05) is 6.07 Å². The molecule has 2 aromatic rings. The fraction of sp³-hybridized carbons (Fsp3) is 0.143. The average molecular weight is 397 g/mol. The van der Waals surface area contributed by atoms with Crippen molar-refractivity contribution in [2.24, 2.45) is 5.90 Å². The van der Waals surface area contributed by atoms with Crippen LogP contribution in [-0.2, 0) is 17.6 Å². The third kappa shape index (κ3) is 4.51. The number of hydrogen-bond donors (Lipinski definition) is 1. The molecular formula is C14H9Cl2F3N2O4. The SMILES string of the molecule is NOCc1cc(Oc2c(Cl)cc(C(F)(F)F)cc2Cl)ccc1[N+](=O)[O-]. The van der Waals surface area contributed by atoms with Gasteiger partial charge in [0.2, 0.25) is 0 Å². The molecule has 0 saturated carbocycles. The molecule has 0 bridgehead atoms. The highest BCUT2D eigenvalue weighted by Gasteiger charge is 2.32. The molecule has 134 valence electrons. The zero-order chi connectivity index (χ0) is 18.8. The standard InChI is InChI=1S/C14H9Cl2F3N2O4/c15-10-4-8(14(17,18)19)5-11(16)13(10)25-9-1-2-12(21(22)23)7(3-9)6-24-20/h1-5H,6,20H2. The first kappa shape index (κ1) is 19.3. The van der Waals surface area contributed by atoms with Gasteiger partial charge in [0.25, 0.3) is 5.69 Å². The van der Waals surface area contributed by atoms with Gasteiger partial charge >= 0.3 is 6.18 Å². The summed E-state index contributed by atoms with van der Waals surface area (Å²) in [5.41, 5.74) is -1.19. The Morgan fingerprint density at radius 2 is 1.76 bits per heavy atom. The molecule has 0 radical (unpaired) electrons. The van der Waals surface area contributed by atoms with Crippen molar-refractivity contribution >= 4 is 28.9 Å². The molecule has 0 atom stereocenters. The summed E-state index contributed by atoms with van der Waals surface area (Å²) in [5.74, 6) is 4.76. The van der Waals surface area contributed by atoms with E-state index in [1.54, 1.807) is 0 Å². The Labute approximate surface area is 148 Å². The number of nitro benzene ring substituents is 1. The van der Waals surface area contributed by atoms with E-state index in [0.29, 0.717) is 12.1 Å². The first-order valence-electron chi connectivity index (χ1n) is 6.46. The highest BCUT2D eigenvalue weighted by Crippen LogP contribution is 2.42. The predicted octanol–water partition coefficient (Wildman–Crippen LogP) is 5.10. The molecule has 0 unspecified atom stereocenters. The molecule has 0 amide bonds. The third-order valence-electron chi connectivity index (χ3n) is 3.03. The van der Waals surface area contributed by atoms with Crippen molar-refractivity contribution in [2.75, 3.05) is 0 Å². The van der Waals surface area contributed by atoms with E-state index in [1.165, 1.54) is 12.1 Å². The van der Waals surface area contributed by atoms with E-state index in [4.69, 9.17) is 33.8 Å². The number of rotatable bonds is 5. The maximum atomic E-state index is 12.7. The number of hydrogen-bond acceptors (Lipinski definition) is 5. The van der Waals surface area contributed by atoms with Crippen molar-refractivity contribution in [3.8, 4) is 11.5 Å². The monoisotopic (exact) mass is 396 g/mol. The summed E-state index contributed by atoms with van der Waals surface area (Å²) >= 11 is 11.6. The Morgan fingerprint density at radius 3 is 2.24 bits per heavy atom. The lowest BCUT2D eigenvalue weighted by Gasteiger charge is -2.13. The molecule has 2 aromatic carbocycles. The number of benzene rings is 2. The molecule has 0 aliphatic rings. The molecular weight excluding hydrogens is 388 g/mol. The van der Waals surface area contributed by atoms with Crippen LogP contribution in [0.25, 0.3) is 0 Å². The van der Waals surface area contributed by atoms with Crippen LogP contribution in [0.3, 0.4) is 0 Å². The van der Waals surface area contributed by atoms with Crippen molar-refractivity contribution in [1.82, 2.24) is 0 Å². The summed E-state index contributed by atoms with van der Waals surface area (Å²) in [6.45, 7) is -0.276. The van der Waals surface area contributed by atoms with Crippen molar-refractivity contribution in [3.63, 3.8) is 0 Å². The van der Waals surface area contributed by atoms with Crippen LogP contribution in [0.4, 0.5) is 18.9 Å². The number of nitrogens with two attached hydrogens (primary N) is 1. The van der Waals surface area contributed by atoms with Crippen LogP contribution in [0.1, 0.15) is 11.1 Å². The lowest BCUT2D eigenvalue weighted by molar-refractivity contribution is -0.386. The van der Waals surface area contributed by atoms with Crippen molar-refractivity contribution in [3.05, 3.63) is 61.6 Å². The number of halogens is 5. The van der Waals surface area contributed by atoms with E-state index in [9.17, 15) is 23.3 Å². The normalized spacial score (nSPS) is 11.4. The second-order valence-electron chi connectivity index (χ2n) is 4.73. The van der Waals surface area contributed by atoms with E-state index in [-0.39, 0.29) is 39.4 Å². The van der Waals surface area contributed by atoms with Gasteiger partial charge in [-0.2, -0.15) is 13.2 Å². The molecule has 2 N–H and O–H groups in total. The first-order valence-corrected chi connectivity index (χ1v) is 7.22. The van der Waals surface area contributed by atoms with Crippen LogP contribution in [0.2, 0.25) is 10.0 Å². The van der Waals surface area contributed by atoms with Gasteiger partial charge < -0.3 is 4.74 Å². The van der Waals surface area contributed by atoms with E-state index >= 15 is 0 Å². The summed E-state index contributed by atoms with van der Waals surface area (Å²) in [6.07, 6.45) is -4.62. The second-order valence-corrected chi connectivity index (χ2v) is 5.54. The highest BCUT2D eigenvalue weighted by atomic mass is 35.5. The van der Waals surface area contributed by atoms with Crippen LogP contribution in [0, 0.1) is 10.1 Å². The molecule has 0 aliphatic heterocycles. The molecule has 0 heterocycles. The van der Waals surface area contributed by atoms with Crippen molar-refractivity contribution in [1.29, 1.82) is 0 Å². The first-order chi connectivity index (χ1) is 11.6. The molecule has 2 rings (SSSR count). The lowest BCUT2D eigenvalue weighted by Crippen LogP contribution is -2.05. The maximum Gasteiger partial charge on any atom is 0.416 e.